The number of carbonyl (C=O) groups excluding carboxylic acids is 1. The molecule has 1 aromatic rings. The van der Waals surface area contributed by atoms with Crippen molar-refractivity contribution in [3.63, 3.8) is 0 Å². The number of carbonyl (C=O) groups is 1. The summed E-state index contributed by atoms with van der Waals surface area (Å²) in [5.41, 5.74) is 7.86. The predicted molar refractivity (Wildman–Crippen MR) is 69.3 cm³/mol. The van der Waals surface area contributed by atoms with Gasteiger partial charge in [0.25, 0.3) is 0 Å². The van der Waals surface area contributed by atoms with Crippen molar-refractivity contribution in [2.75, 3.05) is 6.54 Å². The molecule has 18 heavy (non-hydrogen) atoms. The van der Waals surface area contributed by atoms with Gasteiger partial charge in [-0.3, -0.25) is 4.68 Å². The maximum atomic E-state index is 11.8. The number of aryl methyl sites for hydroxylation is 2. The molecule has 2 amide bonds. The Balaban J connectivity index is 2.40. The minimum Gasteiger partial charge on any atom is -0.385 e. The molecule has 1 unspecified atom stereocenters. The van der Waals surface area contributed by atoms with E-state index in [1.165, 1.54) is 0 Å². The van der Waals surface area contributed by atoms with Crippen LogP contribution in [0.5, 0.6) is 0 Å². The number of rotatable bonds is 4. The van der Waals surface area contributed by atoms with Crippen LogP contribution in [0.3, 0.4) is 0 Å². The largest absolute Gasteiger partial charge is 0.385 e. The molecular weight excluding hydrogens is 230 g/mol. The first-order valence-corrected chi connectivity index (χ1v) is 6.25. The van der Waals surface area contributed by atoms with Gasteiger partial charge in [-0.25, -0.2) is 4.79 Å². The predicted octanol–water partition coefficient (Wildman–Crippen LogP) is 1.23. The minimum atomic E-state index is -0.249. The van der Waals surface area contributed by atoms with E-state index < -0.39 is 0 Å². The van der Waals surface area contributed by atoms with Gasteiger partial charge in [0.15, 0.2) is 0 Å². The number of amidine groups is 1. The lowest BCUT2D eigenvalue weighted by molar-refractivity contribution is 0.206. The molecule has 0 fully saturated rings. The van der Waals surface area contributed by atoms with Crippen molar-refractivity contribution in [2.24, 2.45) is 17.8 Å². The SMILES string of the molecule is CCCN1C(=O)N=C(N)C1c1cn(C)nc1CC. The molecule has 2 rings (SSSR count). The summed E-state index contributed by atoms with van der Waals surface area (Å²) in [5.74, 6) is 0.371. The molecule has 0 bridgehead atoms. The van der Waals surface area contributed by atoms with E-state index in [1.54, 1.807) is 9.58 Å². The molecule has 0 aromatic carbocycles. The zero-order chi connectivity index (χ0) is 13.3. The van der Waals surface area contributed by atoms with Gasteiger partial charge in [-0.15, -0.1) is 0 Å². The molecule has 98 valence electrons. The van der Waals surface area contributed by atoms with Gasteiger partial charge in [0.05, 0.1) is 5.69 Å². The van der Waals surface area contributed by atoms with Crippen LogP contribution in [0.2, 0.25) is 0 Å². The van der Waals surface area contributed by atoms with Crippen LogP contribution < -0.4 is 5.73 Å². The maximum absolute atomic E-state index is 11.8. The molecule has 0 spiro atoms. The van der Waals surface area contributed by atoms with Gasteiger partial charge in [-0.2, -0.15) is 10.1 Å². The summed E-state index contributed by atoms with van der Waals surface area (Å²) < 4.78 is 1.76. The quantitative estimate of drug-likeness (QED) is 0.871. The highest BCUT2D eigenvalue weighted by atomic mass is 16.2. The van der Waals surface area contributed by atoms with Crippen LogP contribution in [-0.4, -0.2) is 33.1 Å². The number of hydrogen-bond acceptors (Lipinski definition) is 3. The van der Waals surface area contributed by atoms with Crippen molar-refractivity contribution in [1.29, 1.82) is 0 Å². The fourth-order valence-corrected chi connectivity index (χ4v) is 2.35. The van der Waals surface area contributed by atoms with E-state index in [2.05, 4.69) is 10.1 Å². The van der Waals surface area contributed by atoms with Crippen LogP contribution in [0.1, 0.15) is 37.6 Å². The fourth-order valence-electron chi connectivity index (χ4n) is 2.35. The molecule has 1 atom stereocenters. The molecular formula is C12H19N5O. The van der Waals surface area contributed by atoms with Gasteiger partial charge in [0, 0.05) is 25.4 Å². The summed E-state index contributed by atoms with van der Waals surface area (Å²) in [4.78, 5) is 17.4. The minimum absolute atomic E-state index is 0.245. The van der Waals surface area contributed by atoms with Crippen molar-refractivity contribution >= 4 is 11.9 Å². The van der Waals surface area contributed by atoms with Crippen LogP contribution in [-0.2, 0) is 13.5 Å². The summed E-state index contributed by atoms with van der Waals surface area (Å²) in [6, 6.07) is -0.494. The monoisotopic (exact) mass is 249 g/mol. The number of hydrogen-bond donors (Lipinski definition) is 1. The Morgan fingerprint density at radius 2 is 2.17 bits per heavy atom. The van der Waals surface area contributed by atoms with Gasteiger partial charge in [-0.1, -0.05) is 13.8 Å². The van der Waals surface area contributed by atoms with Crippen LogP contribution in [0, 0.1) is 0 Å². The van der Waals surface area contributed by atoms with E-state index in [4.69, 9.17) is 5.73 Å². The van der Waals surface area contributed by atoms with E-state index in [0.717, 1.165) is 24.1 Å². The molecule has 1 aromatic heterocycles. The molecule has 6 heteroatoms. The van der Waals surface area contributed by atoms with E-state index in [1.807, 2.05) is 27.1 Å². The normalized spacial score (nSPS) is 19.5. The van der Waals surface area contributed by atoms with Crippen LogP contribution >= 0.6 is 0 Å². The number of nitrogens with two attached hydrogens (primary N) is 1. The maximum Gasteiger partial charge on any atom is 0.346 e. The molecule has 2 heterocycles. The average molecular weight is 249 g/mol. The summed E-state index contributed by atoms with van der Waals surface area (Å²) in [5, 5.41) is 4.40. The van der Waals surface area contributed by atoms with Gasteiger partial charge >= 0.3 is 6.03 Å². The van der Waals surface area contributed by atoms with Gasteiger partial charge < -0.3 is 10.6 Å². The Bertz CT molecular complexity index is 491. The van der Waals surface area contributed by atoms with Crippen molar-refractivity contribution in [2.45, 2.75) is 32.7 Å². The Kier molecular flexibility index (Phi) is 3.36. The van der Waals surface area contributed by atoms with Gasteiger partial charge in [-0.05, 0) is 12.8 Å². The van der Waals surface area contributed by atoms with Crippen molar-refractivity contribution in [3.05, 3.63) is 17.5 Å². The number of aliphatic imine (C=N–C) groups is 1. The molecule has 2 N–H and O–H groups in total. The molecule has 0 radical (unpaired) electrons. The average Bonchev–Trinajstić information content (AvgIpc) is 2.81. The number of amides is 2. The first kappa shape index (κ1) is 12.6. The molecule has 0 saturated heterocycles. The van der Waals surface area contributed by atoms with Crippen molar-refractivity contribution in [1.82, 2.24) is 14.7 Å². The molecule has 6 nitrogen and oxygen atoms in total. The standard InChI is InChI=1S/C12H19N5O/c1-4-6-17-10(11(13)14-12(17)18)8-7-16(3)15-9(8)5-2/h7,10H,4-6H2,1-3H3,(H2,13,14,18). The first-order chi connectivity index (χ1) is 8.58. The second-order valence-corrected chi connectivity index (χ2v) is 4.47. The molecule has 1 aliphatic heterocycles. The van der Waals surface area contributed by atoms with Crippen molar-refractivity contribution < 1.29 is 4.79 Å². The lowest BCUT2D eigenvalue weighted by atomic mass is 10.0. The third kappa shape index (κ3) is 1.98. The smallest absolute Gasteiger partial charge is 0.346 e. The Labute approximate surface area is 106 Å². The Morgan fingerprint density at radius 3 is 2.78 bits per heavy atom. The van der Waals surface area contributed by atoms with Crippen molar-refractivity contribution in [3.8, 4) is 0 Å². The molecule has 0 aliphatic carbocycles. The lowest BCUT2D eigenvalue weighted by Crippen LogP contribution is -2.34. The summed E-state index contributed by atoms with van der Waals surface area (Å²) in [6.45, 7) is 4.73. The summed E-state index contributed by atoms with van der Waals surface area (Å²) >= 11 is 0. The Morgan fingerprint density at radius 1 is 1.44 bits per heavy atom. The molecule has 0 saturated carbocycles. The second-order valence-electron chi connectivity index (χ2n) is 4.47. The number of urea groups is 1. The number of nitrogens with zero attached hydrogens (tertiary/aromatic N) is 4. The number of aromatic nitrogens is 2. The Hall–Kier alpha value is -1.85. The van der Waals surface area contributed by atoms with E-state index in [-0.39, 0.29) is 12.1 Å². The second kappa shape index (κ2) is 4.80. The highest BCUT2D eigenvalue weighted by Gasteiger charge is 2.36. The highest BCUT2D eigenvalue weighted by Crippen LogP contribution is 2.29. The van der Waals surface area contributed by atoms with E-state index in [9.17, 15) is 4.79 Å². The third-order valence-corrected chi connectivity index (χ3v) is 3.09. The van der Waals surface area contributed by atoms with Crippen LogP contribution in [0.15, 0.2) is 11.2 Å². The van der Waals surface area contributed by atoms with Crippen LogP contribution in [0.4, 0.5) is 4.79 Å². The van der Waals surface area contributed by atoms with Crippen LogP contribution in [0.25, 0.3) is 0 Å². The third-order valence-electron chi connectivity index (χ3n) is 3.09. The van der Waals surface area contributed by atoms with Gasteiger partial charge in [0.1, 0.15) is 11.9 Å². The van der Waals surface area contributed by atoms with E-state index in [0.29, 0.717) is 12.4 Å². The van der Waals surface area contributed by atoms with Gasteiger partial charge in [0.2, 0.25) is 0 Å². The topological polar surface area (TPSA) is 76.5 Å². The van der Waals surface area contributed by atoms with E-state index >= 15 is 0 Å². The zero-order valence-corrected chi connectivity index (χ0v) is 11.1. The lowest BCUT2D eigenvalue weighted by Gasteiger charge is -2.23. The summed E-state index contributed by atoms with van der Waals surface area (Å²) in [7, 11) is 1.87. The zero-order valence-electron chi connectivity index (χ0n) is 11.1. The summed E-state index contributed by atoms with van der Waals surface area (Å²) in [6.07, 6.45) is 3.62. The fraction of sp³-hybridized carbons (Fsp3) is 0.583. The highest BCUT2D eigenvalue weighted by molar-refractivity contribution is 6.03. The molecule has 1 aliphatic rings. The first-order valence-electron chi connectivity index (χ1n) is 6.25.